The van der Waals surface area contributed by atoms with E-state index < -0.39 is 0 Å². The average molecular weight is 288 g/mol. The van der Waals surface area contributed by atoms with Gasteiger partial charge >= 0.3 is 0 Å². The lowest BCUT2D eigenvalue weighted by Crippen LogP contribution is -2.20. The summed E-state index contributed by atoms with van der Waals surface area (Å²) < 4.78 is 5.64. The molecule has 0 amide bonds. The summed E-state index contributed by atoms with van der Waals surface area (Å²) in [4.78, 5) is 11.2. The van der Waals surface area contributed by atoms with E-state index in [0.29, 0.717) is 6.54 Å². The first-order valence-electron chi connectivity index (χ1n) is 7.36. The van der Waals surface area contributed by atoms with E-state index in [0.717, 1.165) is 47.5 Å². The molecule has 0 radical (unpaired) electrons. The number of nitrogens with one attached hydrogen (secondary N) is 1. The topological polar surface area (TPSA) is 54.2 Å². The minimum atomic E-state index is 0.693. The highest BCUT2D eigenvalue weighted by Crippen LogP contribution is 2.24. The van der Waals surface area contributed by atoms with E-state index in [1.54, 1.807) is 0 Å². The second-order valence-electron chi connectivity index (χ2n) is 5.36. The largest absolute Gasteiger partial charge is 0.464 e. The van der Waals surface area contributed by atoms with Gasteiger partial charge in [-0.3, -0.25) is 0 Å². The molecule has 0 fully saturated rings. The molecule has 0 saturated carbocycles. The van der Waals surface area contributed by atoms with Crippen molar-refractivity contribution in [2.45, 2.75) is 40.7 Å². The molecule has 2 aromatic rings. The third kappa shape index (κ3) is 3.74. The van der Waals surface area contributed by atoms with Crippen LogP contribution in [0.2, 0.25) is 0 Å². The van der Waals surface area contributed by atoms with Gasteiger partial charge in [-0.05, 0) is 39.3 Å². The summed E-state index contributed by atoms with van der Waals surface area (Å²) in [5.41, 5.74) is 1.07. The number of aromatic nitrogens is 2. The number of aryl methyl sites for hydroxylation is 2. The molecule has 2 heterocycles. The van der Waals surface area contributed by atoms with Crippen molar-refractivity contribution in [3.8, 4) is 0 Å². The zero-order valence-electron chi connectivity index (χ0n) is 13.5. The van der Waals surface area contributed by atoms with Crippen LogP contribution in [0.1, 0.15) is 36.3 Å². The Morgan fingerprint density at radius 1 is 1.19 bits per heavy atom. The molecule has 0 aromatic carbocycles. The van der Waals surface area contributed by atoms with Gasteiger partial charge in [-0.25, -0.2) is 9.97 Å². The molecule has 0 unspecified atom stereocenters. The molecule has 0 aliphatic rings. The van der Waals surface area contributed by atoms with Crippen molar-refractivity contribution in [2.24, 2.45) is 0 Å². The van der Waals surface area contributed by atoms with E-state index in [1.165, 1.54) is 0 Å². The van der Waals surface area contributed by atoms with Gasteiger partial charge in [-0.1, -0.05) is 6.92 Å². The Morgan fingerprint density at radius 2 is 1.95 bits per heavy atom. The minimum absolute atomic E-state index is 0.693. The van der Waals surface area contributed by atoms with Crippen LogP contribution in [0.5, 0.6) is 0 Å². The summed E-state index contributed by atoms with van der Waals surface area (Å²) in [7, 11) is 2.02. The fourth-order valence-corrected chi connectivity index (χ4v) is 2.28. The standard InChI is InChI=1S/C16H24N4O/c1-6-9-17-15-12(3)16(19-13(4)18-15)20(5)10-14-8-7-11(2)21-14/h7-8H,6,9-10H2,1-5H3,(H,17,18,19). The maximum Gasteiger partial charge on any atom is 0.137 e. The van der Waals surface area contributed by atoms with Crippen LogP contribution in [0.3, 0.4) is 0 Å². The summed E-state index contributed by atoms with van der Waals surface area (Å²) in [6.45, 7) is 9.68. The smallest absolute Gasteiger partial charge is 0.137 e. The van der Waals surface area contributed by atoms with Gasteiger partial charge in [-0.2, -0.15) is 0 Å². The van der Waals surface area contributed by atoms with E-state index >= 15 is 0 Å². The molecular formula is C16H24N4O. The van der Waals surface area contributed by atoms with Crippen LogP contribution in [0.4, 0.5) is 11.6 Å². The van der Waals surface area contributed by atoms with E-state index in [-0.39, 0.29) is 0 Å². The number of anilines is 2. The van der Waals surface area contributed by atoms with Crippen LogP contribution >= 0.6 is 0 Å². The van der Waals surface area contributed by atoms with Gasteiger partial charge in [0.25, 0.3) is 0 Å². The second kappa shape index (κ2) is 6.61. The van der Waals surface area contributed by atoms with Gasteiger partial charge in [0.15, 0.2) is 0 Å². The fourth-order valence-electron chi connectivity index (χ4n) is 2.28. The molecule has 0 spiro atoms. The normalized spacial score (nSPS) is 10.7. The molecule has 21 heavy (non-hydrogen) atoms. The van der Waals surface area contributed by atoms with Gasteiger partial charge < -0.3 is 14.6 Å². The molecule has 5 heteroatoms. The monoisotopic (exact) mass is 288 g/mol. The highest BCUT2D eigenvalue weighted by molar-refractivity contribution is 5.58. The van der Waals surface area contributed by atoms with Crippen molar-refractivity contribution < 1.29 is 4.42 Å². The summed E-state index contributed by atoms with van der Waals surface area (Å²) in [5, 5.41) is 3.37. The van der Waals surface area contributed by atoms with Crippen molar-refractivity contribution in [3.05, 3.63) is 35.0 Å². The third-order valence-electron chi connectivity index (χ3n) is 3.32. The first-order chi connectivity index (χ1) is 10.0. The zero-order valence-corrected chi connectivity index (χ0v) is 13.5. The first kappa shape index (κ1) is 15.4. The minimum Gasteiger partial charge on any atom is -0.464 e. The molecule has 1 N–H and O–H groups in total. The van der Waals surface area contributed by atoms with Gasteiger partial charge in [-0.15, -0.1) is 0 Å². The lowest BCUT2D eigenvalue weighted by Gasteiger charge is -2.21. The maximum atomic E-state index is 5.64. The summed E-state index contributed by atoms with van der Waals surface area (Å²) in [5.74, 6) is 4.50. The predicted octanol–water partition coefficient (Wildman–Crippen LogP) is 3.45. The lowest BCUT2D eigenvalue weighted by atomic mass is 10.2. The molecule has 5 nitrogen and oxygen atoms in total. The van der Waals surface area contributed by atoms with Crippen LogP contribution in [-0.2, 0) is 6.54 Å². The number of hydrogen-bond acceptors (Lipinski definition) is 5. The van der Waals surface area contributed by atoms with Gasteiger partial charge in [0, 0.05) is 19.2 Å². The first-order valence-corrected chi connectivity index (χ1v) is 7.36. The third-order valence-corrected chi connectivity index (χ3v) is 3.32. The van der Waals surface area contributed by atoms with Crippen LogP contribution < -0.4 is 10.2 Å². The van der Waals surface area contributed by atoms with Crippen LogP contribution in [0.25, 0.3) is 0 Å². The van der Waals surface area contributed by atoms with E-state index in [9.17, 15) is 0 Å². The number of hydrogen-bond donors (Lipinski definition) is 1. The molecule has 2 rings (SSSR count). The Balaban J connectivity index is 2.23. The zero-order chi connectivity index (χ0) is 15.4. The van der Waals surface area contributed by atoms with E-state index in [1.807, 2.05) is 33.0 Å². The lowest BCUT2D eigenvalue weighted by molar-refractivity contribution is 0.481. The Morgan fingerprint density at radius 3 is 2.57 bits per heavy atom. The number of nitrogens with zero attached hydrogens (tertiary/aromatic N) is 3. The average Bonchev–Trinajstić information content (AvgIpc) is 2.84. The van der Waals surface area contributed by atoms with Crippen LogP contribution in [0, 0.1) is 20.8 Å². The molecular weight excluding hydrogens is 264 g/mol. The van der Waals surface area contributed by atoms with Crippen molar-refractivity contribution in [1.29, 1.82) is 0 Å². The van der Waals surface area contributed by atoms with Crippen molar-refractivity contribution in [3.63, 3.8) is 0 Å². The molecule has 0 aliphatic heterocycles. The van der Waals surface area contributed by atoms with Gasteiger partial charge in [0.05, 0.1) is 6.54 Å². The summed E-state index contributed by atoms with van der Waals surface area (Å²) in [6.07, 6.45) is 1.07. The molecule has 0 aliphatic carbocycles. The van der Waals surface area contributed by atoms with Crippen molar-refractivity contribution >= 4 is 11.6 Å². The van der Waals surface area contributed by atoms with Gasteiger partial charge in [0.1, 0.15) is 29.0 Å². The van der Waals surface area contributed by atoms with E-state index in [4.69, 9.17) is 4.42 Å². The molecule has 0 atom stereocenters. The highest BCUT2D eigenvalue weighted by Gasteiger charge is 2.14. The highest BCUT2D eigenvalue weighted by atomic mass is 16.3. The van der Waals surface area contributed by atoms with Crippen molar-refractivity contribution in [2.75, 3.05) is 23.8 Å². The Hall–Kier alpha value is -2.04. The number of rotatable bonds is 6. The number of furan rings is 1. The Bertz CT molecular complexity index is 606. The molecule has 0 saturated heterocycles. The fraction of sp³-hybridized carbons (Fsp3) is 0.500. The Labute approximate surface area is 126 Å². The Kier molecular flexibility index (Phi) is 4.83. The van der Waals surface area contributed by atoms with Crippen LogP contribution in [-0.4, -0.2) is 23.6 Å². The second-order valence-corrected chi connectivity index (χ2v) is 5.36. The quantitative estimate of drug-likeness (QED) is 0.882. The molecule has 114 valence electrons. The molecule has 0 bridgehead atoms. The molecule has 2 aromatic heterocycles. The van der Waals surface area contributed by atoms with Gasteiger partial charge in [0.2, 0.25) is 0 Å². The van der Waals surface area contributed by atoms with Crippen molar-refractivity contribution in [1.82, 2.24) is 9.97 Å². The SMILES string of the molecule is CCCNc1nc(C)nc(N(C)Cc2ccc(C)o2)c1C. The summed E-state index contributed by atoms with van der Waals surface area (Å²) in [6, 6.07) is 3.99. The maximum absolute atomic E-state index is 5.64. The van der Waals surface area contributed by atoms with Crippen LogP contribution in [0.15, 0.2) is 16.5 Å². The van der Waals surface area contributed by atoms with E-state index in [2.05, 4.69) is 34.0 Å². The predicted molar refractivity (Wildman–Crippen MR) is 85.8 cm³/mol. The summed E-state index contributed by atoms with van der Waals surface area (Å²) >= 11 is 0.